The Morgan fingerprint density at radius 3 is 2.57 bits per heavy atom. The second kappa shape index (κ2) is 5.99. The molecule has 2 fully saturated rings. The second-order valence-electron chi connectivity index (χ2n) is 10.8. The number of aliphatic carboxylic acids is 1. The first-order chi connectivity index (χ1) is 13.0. The van der Waals surface area contributed by atoms with Gasteiger partial charge in [0.1, 0.15) is 5.60 Å². The van der Waals surface area contributed by atoms with Gasteiger partial charge < -0.3 is 15.0 Å². The molecule has 0 radical (unpaired) electrons. The lowest BCUT2D eigenvalue weighted by Gasteiger charge is -2.58. The van der Waals surface area contributed by atoms with Crippen LogP contribution in [0.5, 0.6) is 0 Å². The minimum absolute atomic E-state index is 0.0899. The van der Waals surface area contributed by atoms with Gasteiger partial charge in [-0.1, -0.05) is 51.3 Å². The summed E-state index contributed by atoms with van der Waals surface area (Å²) in [5.41, 5.74) is 0.324. The molecule has 2 saturated carbocycles. The first-order valence-corrected chi connectivity index (χ1v) is 10.8. The normalized spacial score (nSPS) is 45.1. The van der Waals surface area contributed by atoms with Crippen LogP contribution in [-0.2, 0) is 4.79 Å². The first-order valence-electron chi connectivity index (χ1n) is 10.8. The van der Waals surface area contributed by atoms with Crippen LogP contribution in [0.3, 0.4) is 0 Å². The highest BCUT2D eigenvalue weighted by Crippen LogP contribution is 2.67. The van der Waals surface area contributed by atoms with Crippen molar-refractivity contribution in [1.29, 1.82) is 0 Å². The van der Waals surface area contributed by atoms with Crippen molar-refractivity contribution in [3.05, 3.63) is 23.3 Å². The summed E-state index contributed by atoms with van der Waals surface area (Å²) in [6.07, 6.45) is 16.9. The molecule has 4 aliphatic carbocycles. The Morgan fingerprint density at radius 1 is 1.25 bits per heavy atom. The molecule has 0 saturated heterocycles. The van der Waals surface area contributed by atoms with E-state index < -0.39 is 17.0 Å². The third kappa shape index (κ3) is 2.37. The van der Waals surface area contributed by atoms with Crippen molar-refractivity contribution in [2.24, 2.45) is 34.0 Å². The maximum absolute atomic E-state index is 11.6. The van der Waals surface area contributed by atoms with Gasteiger partial charge in [-0.05, 0) is 73.7 Å². The average Bonchev–Trinajstić information content (AvgIpc) is 2.92. The molecule has 0 spiro atoms. The molecule has 0 aromatic heterocycles. The summed E-state index contributed by atoms with van der Waals surface area (Å²) in [5.74, 6) is 3.35. The van der Waals surface area contributed by atoms with Gasteiger partial charge in [-0.25, -0.2) is 0 Å². The fraction of sp³-hybridized carbons (Fsp3) is 0.720. The molecule has 0 unspecified atom stereocenters. The maximum Gasteiger partial charge on any atom is 0.130 e. The summed E-state index contributed by atoms with van der Waals surface area (Å²) in [4.78, 5) is 11.6. The Kier molecular flexibility index (Phi) is 4.23. The monoisotopic (exact) mass is 381 g/mol. The Bertz CT molecular complexity index is 812. The third-order valence-corrected chi connectivity index (χ3v) is 9.47. The SMILES string of the molecule is C#C[C@]1(O)CC[C@@H]2[C@@H]3CC=C4C=C(C(C)(C)C(=O)[O-])CC[C@]4(C)[C@H]3CC[C@@]21C. The number of allylic oxidation sites excluding steroid dienone is 3. The van der Waals surface area contributed by atoms with Crippen molar-refractivity contribution in [1.82, 2.24) is 0 Å². The van der Waals surface area contributed by atoms with Crippen LogP contribution in [-0.4, -0.2) is 16.7 Å². The molecule has 0 bridgehead atoms. The Morgan fingerprint density at radius 2 is 1.93 bits per heavy atom. The van der Waals surface area contributed by atoms with Gasteiger partial charge in [-0.2, -0.15) is 0 Å². The lowest BCUT2D eigenvalue weighted by atomic mass is 9.47. The molecular formula is C25H33O3-. The highest BCUT2D eigenvalue weighted by molar-refractivity contribution is 5.76. The molecular weight excluding hydrogens is 348 g/mol. The van der Waals surface area contributed by atoms with Gasteiger partial charge in [0.15, 0.2) is 0 Å². The quantitative estimate of drug-likeness (QED) is 0.743. The van der Waals surface area contributed by atoms with Crippen LogP contribution in [0.15, 0.2) is 23.3 Å². The number of carbonyl (C=O) groups is 1. The zero-order valence-corrected chi connectivity index (χ0v) is 17.7. The smallest absolute Gasteiger partial charge is 0.130 e. The van der Waals surface area contributed by atoms with Crippen LogP contribution in [0.1, 0.15) is 72.6 Å². The number of terminal acetylenes is 1. The predicted molar refractivity (Wildman–Crippen MR) is 108 cm³/mol. The van der Waals surface area contributed by atoms with Gasteiger partial charge >= 0.3 is 0 Å². The molecule has 0 amide bonds. The summed E-state index contributed by atoms with van der Waals surface area (Å²) in [6, 6.07) is 0. The molecule has 1 N–H and O–H groups in total. The fourth-order valence-corrected chi connectivity index (χ4v) is 7.20. The van der Waals surface area contributed by atoms with Gasteiger partial charge in [0.2, 0.25) is 0 Å². The van der Waals surface area contributed by atoms with Crippen molar-refractivity contribution in [3.63, 3.8) is 0 Å². The van der Waals surface area contributed by atoms with Gasteiger partial charge in [-0.3, -0.25) is 0 Å². The van der Waals surface area contributed by atoms with Crippen molar-refractivity contribution in [3.8, 4) is 12.3 Å². The van der Waals surface area contributed by atoms with E-state index in [2.05, 4.69) is 31.9 Å². The van der Waals surface area contributed by atoms with Gasteiger partial charge in [-0.15, -0.1) is 6.42 Å². The van der Waals surface area contributed by atoms with Crippen LogP contribution >= 0.6 is 0 Å². The van der Waals surface area contributed by atoms with E-state index in [4.69, 9.17) is 6.42 Å². The number of rotatable bonds is 2. The zero-order chi connectivity index (χ0) is 20.5. The number of aliphatic hydroxyl groups is 1. The van der Waals surface area contributed by atoms with Crippen molar-refractivity contribution >= 4 is 5.97 Å². The number of carboxylic acids is 1. The number of hydrogen-bond donors (Lipinski definition) is 1. The molecule has 0 aliphatic heterocycles. The highest BCUT2D eigenvalue weighted by Gasteiger charge is 2.63. The van der Waals surface area contributed by atoms with Crippen molar-refractivity contribution in [2.75, 3.05) is 0 Å². The molecule has 28 heavy (non-hydrogen) atoms. The average molecular weight is 382 g/mol. The number of hydrogen-bond acceptors (Lipinski definition) is 3. The minimum atomic E-state index is -0.996. The molecule has 4 aliphatic rings. The number of carbonyl (C=O) groups excluding carboxylic acids is 1. The lowest BCUT2D eigenvalue weighted by molar-refractivity contribution is -0.315. The van der Waals surface area contributed by atoms with Crippen LogP contribution in [0.4, 0.5) is 0 Å². The van der Waals surface area contributed by atoms with Crippen LogP contribution < -0.4 is 5.11 Å². The summed E-state index contributed by atoms with van der Waals surface area (Å²) in [6.45, 7) is 8.10. The van der Waals surface area contributed by atoms with E-state index in [9.17, 15) is 15.0 Å². The topological polar surface area (TPSA) is 60.4 Å². The molecule has 4 rings (SSSR count). The first kappa shape index (κ1) is 19.8. The van der Waals surface area contributed by atoms with E-state index in [1.54, 1.807) is 13.8 Å². The molecule has 0 aromatic carbocycles. The van der Waals surface area contributed by atoms with E-state index in [0.717, 1.165) is 44.1 Å². The molecule has 3 heteroatoms. The van der Waals surface area contributed by atoms with Crippen molar-refractivity contribution in [2.45, 2.75) is 78.2 Å². The van der Waals surface area contributed by atoms with Crippen LogP contribution in [0, 0.1) is 46.3 Å². The standard InChI is InChI=1S/C25H34O3/c1-6-25(28)14-11-20-18-8-7-17-15-16(22(2,3)21(26)27)9-12-23(17,4)19(18)10-13-24(20,25)5/h1,7,15,18-20,28H,8-14H2,2-5H3,(H,26,27)/p-1/t18-,19+,20-,23+,24+,25+/m1/s1. The zero-order valence-electron chi connectivity index (χ0n) is 17.7. The van der Waals surface area contributed by atoms with Gasteiger partial charge in [0.05, 0.1) is 5.97 Å². The van der Waals surface area contributed by atoms with E-state index in [1.165, 1.54) is 5.57 Å². The maximum atomic E-state index is 11.6. The Balaban J connectivity index is 1.69. The highest BCUT2D eigenvalue weighted by atomic mass is 16.4. The third-order valence-electron chi connectivity index (χ3n) is 9.47. The van der Waals surface area contributed by atoms with E-state index >= 15 is 0 Å². The summed E-state index contributed by atoms with van der Waals surface area (Å²) < 4.78 is 0. The van der Waals surface area contributed by atoms with Crippen molar-refractivity contribution < 1.29 is 15.0 Å². The Hall–Kier alpha value is -1.53. The van der Waals surface area contributed by atoms with E-state index in [-0.39, 0.29) is 10.8 Å². The number of carboxylic acid groups (broad SMARTS) is 1. The van der Waals surface area contributed by atoms with Crippen LogP contribution in [0.2, 0.25) is 0 Å². The second-order valence-corrected chi connectivity index (χ2v) is 10.8. The molecule has 152 valence electrons. The van der Waals surface area contributed by atoms with Gasteiger partial charge in [0, 0.05) is 10.8 Å². The van der Waals surface area contributed by atoms with E-state index in [0.29, 0.717) is 24.2 Å². The summed E-state index contributed by atoms with van der Waals surface area (Å²) in [5, 5.41) is 22.7. The number of fused-ring (bicyclic) bond motifs is 5. The largest absolute Gasteiger partial charge is 0.549 e. The molecule has 6 atom stereocenters. The van der Waals surface area contributed by atoms with Crippen LogP contribution in [0.25, 0.3) is 0 Å². The Labute approximate surface area is 169 Å². The lowest BCUT2D eigenvalue weighted by Crippen LogP contribution is -2.53. The minimum Gasteiger partial charge on any atom is -0.549 e. The summed E-state index contributed by atoms with van der Waals surface area (Å²) in [7, 11) is 0. The predicted octanol–water partition coefficient (Wildman–Crippen LogP) is 3.63. The molecule has 0 heterocycles. The molecule has 0 aromatic rings. The summed E-state index contributed by atoms with van der Waals surface area (Å²) >= 11 is 0. The van der Waals surface area contributed by atoms with Gasteiger partial charge in [0.25, 0.3) is 0 Å². The van der Waals surface area contributed by atoms with E-state index in [1.807, 2.05) is 0 Å². The molecule has 3 nitrogen and oxygen atoms in total. The fourth-order valence-electron chi connectivity index (χ4n) is 7.20.